The van der Waals surface area contributed by atoms with E-state index in [1.807, 2.05) is 24.3 Å². The molecule has 2 aromatic carbocycles. The molecule has 0 unspecified atom stereocenters. The zero-order valence-corrected chi connectivity index (χ0v) is 15.1. The Kier molecular flexibility index (Phi) is 5.89. The van der Waals surface area contributed by atoms with Crippen molar-refractivity contribution >= 4 is 16.9 Å². The molecule has 2 N–H and O–H groups in total. The van der Waals surface area contributed by atoms with E-state index in [-0.39, 0.29) is 11.6 Å². The van der Waals surface area contributed by atoms with Crippen LogP contribution >= 0.6 is 0 Å². The number of amides is 1. The smallest absolute Gasteiger partial charge is 0.326 e. The third-order valence-electron chi connectivity index (χ3n) is 4.63. The number of fused-ring (bicyclic) bond motifs is 1. The van der Waals surface area contributed by atoms with Crippen molar-refractivity contribution in [1.29, 1.82) is 0 Å². The van der Waals surface area contributed by atoms with Gasteiger partial charge >= 0.3 is 5.69 Å². The van der Waals surface area contributed by atoms with E-state index in [0.717, 1.165) is 30.3 Å². The third kappa shape index (κ3) is 4.42. The molecule has 0 aliphatic carbocycles. The highest BCUT2D eigenvalue weighted by molar-refractivity contribution is 5.76. The van der Waals surface area contributed by atoms with E-state index in [1.54, 1.807) is 4.57 Å². The van der Waals surface area contributed by atoms with Crippen LogP contribution in [0.1, 0.15) is 30.9 Å². The molecular weight excluding hydrogens is 326 g/mol. The Bertz CT molecular complexity index is 922. The fourth-order valence-electron chi connectivity index (χ4n) is 3.08. The highest BCUT2D eigenvalue weighted by Gasteiger charge is 2.06. The number of nitrogens with zero attached hydrogens (tertiary/aromatic N) is 1. The number of imidazole rings is 1. The summed E-state index contributed by atoms with van der Waals surface area (Å²) in [5, 5.41) is 2.94. The summed E-state index contributed by atoms with van der Waals surface area (Å²) < 4.78 is 1.72. The minimum absolute atomic E-state index is 0.0517. The van der Waals surface area contributed by atoms with Crippen LogP contribution in [-0.2, 0) is 24.2 Å². The van der Waals surface area contributed by atoms with Crippen molar-refractivity contribution in [3.8, 4) is 0 Å². The largest absolute Gasteiger partial charge is 0.356 e. The van der Waals surface area contributed by atoms with Gasteiger partial charge in [0.2, 0.25) is 5.91 Å². The number of aromatic nitrogens is 2. The predicted molar refractivity (Wildman–Crippen MR) is 104 cm³/mol. The Morgan fingerprint density at radius 1 is 1.08 bits per heavy atom. The van der Waals surface area contributed by atoms with Crippen molar-refractivity contribution in [1.82, 2.24) is 14.9 Å². The normalized spacial score (nSPS) is 11.0. The van der Waals surface area contributed by atoms with E-state index >= 15 is 0 Å². The Labute approximate surface area is 153 Å². The van der Waals surface area contributed by atoms with E-state index in [2.05, 4.69) is 41.5 Å². The minimum atomic E-state index is -0.104. The zero-order valence-electron chi connectivity index (χ0n) is 15.1. The topological polar surface area (TPSA) is 66.9 Å². The number of H-pyrrole nitrogens is 1. The molecule has 5 nitrogen and oxygen atoms in total. The van der Waals surface area contributed by atoms with Crippen LogP contribution in [0.5, 0.6) is 0 Å². The minimum Gasteiger partial charge on any atom is -0.356 e. The van der Waals surface area contributed by atoms with Crippen molar-refractivity contribution in [2.24, 2.45) is 0 Å². The second kappa shape index (κ2) is 8.52. The number of carbonyl (C=O) groups excluding carboxylic acids is 1. The van der Waals surface area contributed by atoms with Crippen molar-refractivity contribution in [2.75, 3.05) is 6.54 Å². The highest BCUT2D eigenvalue weighted by atomic mass is 16.2. The molecule has 3 aromatic rings. The van der Waals surface area contributed by atoms with Gasteiger partial charge in [0.1, 0.15) is 0 Å². The van der Waals surface area contributed by atoms with Crippen LogP contribution in [0.3, 0.4) is 0 Å². The summed E-state index contributed by atoms with van der Waals surface area (Å²) in [5.74, 6) is 0.0517. The van der Waals surface area contributed by atoms with Crippen LogP contribution in [0.25, 0.3) is 11.0 Å². The number of hydrogen-bond donors (Lipinski definition) is 2. The summed E-state index contributed by atoms with van der Waals surface area (Å²) >= 11 is 0. The van der Waals surface area contributed by atoms with Gasteiger partial charge in [-0.05, 0) is 42.5 Å². The lowest BCUT2D eigenvalue weighted by Gasteiger charge is -2.07. The van der Waals surface area contributed by atoms with Gasteiger partial charge in [-0.3, -0.25) is 9.36 Å². The van der Waals surface area contributed by atoms with Crippen molar-refractivity contribution < 1.29 is 4.79 Å². The average molecular weight is 351 g/mol. The van der Waals surface area contributed by atoms with Crippen LogP contribution in [0, 0.1) is 0 Å². The molecule has 0 fully saturated rings. The Morgan fingerprint density at radius 3 is 2.58 bits per heavy atom. The van der Waals surface area contributed by atoms with Crippen LogP contribution < -0.4 is 11.0 Å². The van der Waals surface area contributed by atoms with Gasteiger partial charge in [0, 0.05) is 19.5 Å². The first kappa shape index (κ1) is 18.0. The highest BCUT2D eigenvalue weighted by Crippen LogP contribution is 2.09. The monoisotopic (exact) mass is 351 g/mol. The molecule has 0 aliphatic rings. The standard InChI is InChI=1S/C21H25N3O2/c1-2-16-8-10-17(11-9-16)12-13-20(25)22-14-5-15-24-19-7-4-3-6-18(19)23-21(24)26/h3-4,6-11H,2,5,12-15H2,1H3,(H,22,25)(H,23,26). The number of benzene rings is 2. The lowest BCUT2D eigenvalue weighted by Crippen LogP contribution is -2.26. The fourth-order valence-corrected chi connectivity index (χ4v) is 3.08. The van der Waals surface area contributed by atoms with E-state index in [4.69, 9.17) is 0 Å². The maximum atomic E-state index is 12.0. The van der Waals surface area contributed by atoms with E-state index in [9.17, 15) is 9.59 Å². The van der Waals surface area contributed by atoms with Crippen molar-refractivity contribution in [3.05, 3.63) is 70.1 Å². The maximum absolute atomic E-state index is 12.0. The van der Waals surface area contributed by atoms with E-state index < -0.39 is 0 Å². The van der Waals surface area contributed by atoms with Crippen molar-refractivity contribution in [3.63, 3.8) is 0 Å². The second-order valence-corrected chi connectivity index (χ2v) is 6.47. The molecule has 5 heteroatoms. The van der Waals surface area contributed by atoms with Gasteiger partial charge in [0.25, 0.3) is 0 Å². The molecule has 0 spiro atoms. The van der Waals surface area contributed by atoms with Crippen LogP contribution in [0.15, 0.2) is 53.3 Å². The van der Waals surface area contributed by atoms with Crippen molar-refractivity contribution in [2.45, 2.75) is 39.2 Å². The summed E-state index contributed by atoms with van der Waals surface area (Å²) in [6.07, 6.45) is 2.98. The number of nitrogens with one attached hydrogen (secondary N) is 2. The molecule has 0 bridgehead atoms. The number of carbonyl (C=O) groups is 1. The molecule has 0 atom stereocenters. The summed E-state index contributed by atoms with van der Waals surface area (Å²) in [5.41, 5.74) is 4.14. The molecule has 26 heavy (non-hydrogen) atoms. The first-order valence-electron chi connectivity index (χ1n) is 9.19. The predicted octanol–water partition coefficient (Wildman–Crippen LogP) is 3.03. The molecule has 0 saturated heterocycles. The van der Waals surface area contributed by atoms with Gasteiger partial charge in [0.15, 0.2) is 0 Å². The van der Waals surface area contributed by atoms with E-state index in [1.165, 1.54) is 11.1 Å². The molecule has 3 rings (SSSR count). The van der Waals surface area contributed by atoms with Crippen LogP contribution in [0.2, 0.25) is 0 Å². The van der Waals surface area contributed by atoms with Gasteiger partial charge in [0.05, 0.1) is 11.0 Å². The van der Waals surface area contributed by atoms with Gasteiger partial charge in [-0.2, -0.15) is 0 Å². The number of hydrogen-bond acceptors (Lipinski definition) is 2. The SMILES string of the molecule is CCc1ccc(CCC(=O)NCCCn2c(=O)[nH]c3ccccc32)cc1. The summed E-state index contributed by atoms with van der Waals surface area (Å²) in [4.78, 5) is 26.8. The molecule has 1 aromatic heterocycles. The van der Waals surface area contributed by atoms with Gasteiger partial charge in [-0.15, -0.1) is 0 Å². The first-order valence-corrected chi connectivity index (χ1v) is 9.19. The Balaban J connectivity index is 1.42. The summed E-state index contributed by atoms with van der Waals surface area (Å²) in [6.45, 7) is 3.29. The molecule has 0 saturated carbocycles. The maximum Gasteiger partial charge on any atom is 0.326 e. The lowest BCUT2D eigenvalue weighted by molar-refractivity contribution is -0.121. The molecule has 136 valence electrons. The van der Waals surface area contributed by atoms with Crippen LogP contribution in [0.4, 0.5) is 0 Å². The molecule has 1 amide bonds. The lowest BCUT2D eigenvalue weighted by atomic mass is 10.1. The Morgan fingerprint density at radius 2 is 1.81 bits per heavy atom. The molecule has 0 radical (unpaired) electrons. The number of aryl methyl sites for hydroxylation is 3. The fraction of sp³-hybridized carbons (Fsp3) is 0.333. The van der Waals surface area contributed by atoms with Gasteiger partial charge in [-0.1, -0.05) is 43.3 Å². The zero-order chi connectivity index (χ0) is 18.4. The summed E-state index contributed by atoms with van der Waals surface area (Å²) in [7, 11) is 0. The average Bonchev–Trinajstić information content (AvgIpc) is 2.99. The molecular formula is C21H25N3O2. The second-order valence-electron chi connectivity index (χ2n) is 6.47. The quantitative estimate of drug-likeness (QED) is 0.613. The number of rotatable bonds is 8. The van der Waals surface area contributed by atoms with Gasteiger partial charge in [-0.25, -0.2) is 4.79 Å². The Hall–Kier alpha value is -2.82. The third-order valence-corrected chi connectivity index (χ3v) is 4.63. The summed E-state index contributed by atoms with van der Waals surface area (Å²) in [6, 6.07) is 16.1. The van der Waals surface area contributed by atoms with E-state index in [0.29, 0.717) is 19.5 Å². The van der Waals surface area contributed by atoms with Gasteiger partial charge < -0.3 is 10.3 Å². The number of para-hydroxylation sites is 2. The van der Waals surface area contributed by atoms with Crippen LogP contribution in [-0.4, -0.2) is 22.0 Å². The molecule has 1 heterocycles. The first-order chi connectivity index (χ1) is 12.7. The number of aromatic amines is 1. The molecule has 0 aliphatic heterocycles.